The number of nitrogens with zero attached hydrogens (tertiary/aromatic N) is 1. The first-order valence-corrected chi connectivity index (χ1v) is 6.16. The Morgan fingerprint density at radius 2 is 2.16 bits per heavy atom. The molecule has 98 valence electrons. The third-order valence-corrected chi connectivity index (χ3v) is 2.82. The lowest BCUT2D eigenvalue weighted by Gasteiger charge is -2.10. The van der Waals surface area contributed by atoms with E-state index in [4.69, 9.17) is 0 Å². The quantitative estimate of drug-likeness (QED) is 0.878. The van der Waals surface area contributed by atoms with Crippen LogP contribution in [-0.4, -0.2) is 18.1 Å². The van der Waals surface area contributed by atoms with Gasteiger partial charge in [0.05, 0.1) is 12.8 Å². The first-order chi connectivity index (χ1) is 9.11. The molecule has 19 heavy (non-hydrogen) atoms. The number of halogens is 2. The van der Waals surface area contributed by atoms with Crippen molar-refractivity contribution in [1.29, 1.82) is 0 Å². The fraction of sp³-hybridized carbons (Fsp3) is 0.0769. The first-order valence-electron chi connectivity index (χ1n) is 5.37. The summed E-state index contributed by atoms with van der Waals surface area (Å²) in [5.74, 6) is -0.740. The molecular formula is C13H10BrFN2O2. The van der Waals surface area contributed by atoms with E-state index in [1.165, 1.54) is 19.4 Å². The normalized spacial score (nSPS) is 10.1. The fourth-order valence-corrected chi connectivity index (χ4v) is 1.83. The van der Waals surface area contributed by atoms with Crippen molar-refractivity contribution in [2.75, 3.05) is 12.4 Å². The SMILES string of the molecule is COC(=O)c1cc(Br)cnc1Nc1ccccc1F. The highest BCUT2D eigenvalue weighted by Crippen LogP contribution is 2.24. The van der Waals surface area contributed by atoms with Gasteiger partial charge in [0.15, 0.2) is 0 Å². The lowest BCUT2D eigenvalue weighted by atomic mass is 10.2. The number of hydrogen-bond acceptors (Lipinski definition) is 4. The summed E-state index contributed by atoms with van der Waals surface area (Å²) in [5, 5.41) is 2.78. The zero-order valence-electron chi connectivity index (χ0n) is 9.98. The van der Waals surface area contributed by atoms with Gasteiger partial charge >= 0.3 is 5.97 Å². The minimum atomic E-state index is -0.548. The van der Waals surface area contributed by atoms with Crippen molar-refractivity contribution >= 4 is 33.4 Å². The molecule has 0 saturated heterocycles. The molecule has 1 aromatic heterocycles. The number of para-hydroxylation sites is 1. The van der Waals surface area contributed by atoms with Gasteiger partial charge in [-0.15, -0.1) is 0 Å². The lowest BCUT2D eigenvalue weighted by Crippen LogP contribution is -2.08. The monoisotopic (exact) mass is 324 g/mol. The Bertz CT molecular complexity index is 619. The van der Waals surface area contributed by atoms with Crippen LogP contribution in [0.15, 0.2) is 41.0 Å². The molecule has 0 radical (unpaired) electrons. The van der Waals surface area contributed by atoms with Gasteiger partial charge in [-0.25, -0.2) is 14.2 Å². The Balaban J connectivity index is 2.40. The second kappa shape index (κ2) is 5.79. The van der Waals surface area contributed by atoms with Crippen LogP contribution in [0.4, 0.5) is 15.9 Å². The zero-order valence-corrected chi connectivity index (χ0v) is 11.6. The largest absolute Gasteiger partial charge is 0.465 e. The van der Waals surface area contributed by atoms with E-state index in [2.05, 4.69) is 31.0 Å². The molecule has 4 nitrogen and oxygen atoms in total. The number of hydrogen-bond donors (Lipinski definition) is 1. The van der Waals surface area contributed by atoms with Gasteiger partial charge in [-0.1, -0.05) is 12.1 Å². The van der Waals surface area contributed by atoms with Gasteiger partial charge < -0.3 is 10.1 Å². The van der Waals surface area contributed by atoms with E-state index in [0.717, 1.165) is 0 Å². The number of ether oxygens (including phenoxy) is 1. The number of carbonyl (C=O) groups is 1. The molecule has 2 rings (SSSR count). The summed E-state index contributed by atoms with van der Waals surface area (Å²) in [6, 6.07) is 7.69. The first kappa shape index (κ1) is 13.5. The lowest BCUT2D eigenvalue weighted by molar-refractivity contribution is 0.0601. The number of pyridine rings is 1. The summed E-state index contributed by atoms with van der Waals surface area (Å²) in [6.07, 6.45) is 1.51. The molecule has 1 heterocycles. The van der Waals surface area contributed by atoms with Crippen LogP contribution in [0.5, 0.6) is 0 Å². The fourth-order valence-electron chi connectivity index (χ4n) is 1.49. The molecular weight excluding hydrogens is 315 g/mol. The third-order valence-electron chi connectivity index (χ3n) is 2.39. The van der Waals surface area contributed by atoms with Crippen molar-refractivity contribution in [2.45, 2.75) is 0 Å². The highest BCUT2D eigenvalue weighted by atomic mass is 79.9. The van der Waals surface area contributed by atoms with Crippen molar-refractivity contribution in [3.63, 3.8) is 0 Å². The maximum atomic E-state index is 13.6. The number of rotatable bonds is 3. The van der Waals surface area contributed by atoms with Crippen molar-refractivity contribution in [2.24, 2.45) is 0 Å². The highest BCUT2D eigenvalue weighted by molar-refractivity contribution is 9.10. The number of carbonyl (C=O) groups excluding carboxylic acids is 1. The van der Waals surface area contributed by atoms with Crippen LogP contribution in [0.2, 0.25) is 0 Å². The van der Waals surface area contributed by atoms with Gasteiger partial charge in [0.1, 0.15) is 17.2 Å². The molecule has 1 N–H and O–H groups in total. The predicted molar refractivity (Wildman–Crippen MR) is 73.0 cm³/mol. The van der Waals surface area contributed by atoms with E-state index in [1.54, 1.807) is 24.3 Å². The average molecular weight is 325 g/mol. The molecule has 0 aliphatic rings. The van der Waals surface area contributed by atoms with E-state index in [9.17, 15) is 9.18 Å². The minimum absolute atomic E-state index is 0.222. The van der Waals surface area contributed by atoms with Gasteiger partial charge in [-0.2, -0.15) is 0 Å². The molecule has 2 aromatic rings. The Hall–Kier alpha value is -1.95. The Morgan fingerprint density at radius 3 is 2.84 bits per heavy atom. The van der Waals surface area contributed by atoms with Crippen LogP contribution in [0, 0.1) is 5.82 Å². The van der Waals surface area contributed by atoms with Gasteiger partial charge in [-0.05, 0) is 34.1 Å². The summed E-state index contributed by atoms with van der Waals surface area (Å²) >= 11 is 3.22. The van der Waals surface area contributed by atoms with Gasteiger partial charge in [-0.3, -0.25) is 0 Å². The smallest absolute Gasteiger partial charge is 0.341 e. The summed E-state index contributed by atoms with van der Waals surface area (Å²) in [5.41, 5.74) is 0.461. The molecule has 0 saturated carbocycles. The molecule has 0 unspecified atom stereocenters. The van der Waals surface area contributed by atoms with Crippen LogP contribution in [-0.2, 0) is 4.74 Å². The number of anilines is 2. The molecule has 0 atom stereocenters. The molecule has 0 amide bonds. The molecule has 0 fully saturated rings. The number of aromatic nitrogens is 1. The second-order valence-electron chi connectivity index (χ2n) is 3.65. The standard InChI is InChI=1S/C13H10BrFN2O2/c1-19-13(18)9-6-8(14)7-16-12(9)17-11-5-3-2-4-10(11)15/h2-7H,1H3,(H,16,17). The van der Waals surface area contributed by atoms with Crippen LogP contribution < -0.4 is 5.32 Å². The van der Waals surface area contributed by atoms with Crippen LogP contribution in [0.3, 0.4) is 0 Å². The molecule has 0 aliphatic heterocycles. The predicted octanol–water partition coefficient (Wildman–Crippen LogP) is 3.51. The number of methoxy groups -OCH3 is 1. The molecule has 0 spiro atoms. The summed E-state index contributed by atoms with van der Waals surface area (Å²) in [4.78, 5) is 15.7. The van der Waals surface area contributed by atoms with Gasteiger partial charge in [0, 0.05) is 10.7 Å². The van der Waals surface area contributed by atoms with Gasteiger partial charge in [0.2, 0.25) is 0 Å². The van der Waals surface area contributed by atoms with E-state index < -0.39 is 11.8 Å². The molecule has 1 aromatic carbocycles. The van der Waals surface area contributed by atoms with Gasteiger partial charge in [0.25, 0.3) is 0 Å². The van der Waals surface area contributed by atoms with Crippen molar-refractivity contribution in [3.05, 3.63) is 52.4 Å². The Kier molecular flexibility index (Phi) is 4.11. The Morgan fingerprint density at radius 1 is 1.42 bits per heavy atom. The van der Waals surface area contributed by atoms with E-state index in [0.29, 0.717) is 4.47 Å². The molecule has 6 heteroatoms. The van der Waals surface area contributed by atoms with Crippen molar-refractivity contribution in [3.8, 4) is 0 Å². The molecule has 0 aliphatic carbocycles. The zero-order chi connectivity index (χ0) is 13.8. The number of benzene rings is 1. The minimum Gasteiger partial charge on any atom is -0.465 e. The third kappa shape index (κ3) is 3.08. The van der Waals surface area contributed by atoms with Crippen LogP contribution >= 0.6 is 15.9 Å². The summed E-state index contributed by atoms with van der Waals surface area (Å²) in [7, 11) is 1.27. The van der Waals surface area contributed by atoms with Crippen LogP contribution in [0.1, 0.15) is 10.4 Å². The van der Waals surface area contributed by atoms with E-state index in [1.807, 2.05) is 0 Å². The Labute approximate surface area is 117 Å². The van der Waals surface area contributed by atoms with Crippen molar-refractivity contribution < 1.29 is 13.9 Å². The van der Waals surface area contributed by atoms with Crippen LogP contribution in [0.25, 0.3) is 0 Å². The summed E-state index contributed by atoms with van der Waals surface area (Å²) in [6.45, 7) is 0. The second-order valence-corrected chi connectivity index (χ2v) is 4.56. The number of nitrogens with one attached hydrogen (secondary N) is 1. The van der Waals surface area contributed by atoms with E-state index in [-0.39, 0.29) is 17.1 Å². The number of esters is 1. The topological polar surface area (TPSA) is 51.2 Å². The van der Waals surface area contributed by atoms with E-state index >= 15 is 0 Å². The maximum absolute atomic E-state index is 13.6. The highest BCUT2D eigenvalue weighted by Gasteiger charge is 2.15. The summed E-state index contributed by atoms with van der Waals surface area (Å²) < 4.78 is 18.9. The average Bonchev–Trinajstić information content (AvgIpc) is 2.42. The molecule has 0 bridgehead atoms. The maximum Gasteiger partial charge on any atom is 0.341 e. The van der Waals surface area contributed by atoms with Crippen molar-refractivity contribution in [1.82, 2.24) is 4.98 Å².